The first kappa shape index (κ1) is 14.9. The van der Waals surface area contributed by atoms with Crippen LogP contribution in [0.4, 0.5) is 0 Å². The molecule has 1 aromatic heterocycles. The Kier molecular flexibility index (Phi) is 4.66. The van der Waals surface area contributed by atoms with Crippen molar-refractivity contribution in [2.75, 3.05) is 6.54 Å². The van der Waals surface area contributed by atoms with Gasteiger partial charge < -0.3 is 16.0 Å². The number of fused-ring (bicyclic) bond motifs is 1. The molecule has 3 rings (SSSR count). The van der Waals surface area contributed by atoms with Gasteiger partial charge in [-0.15, -0.1) is 0 Å². The third-order valence-electron chi connectivity index (χ3n) is 4.62. The standard InChI is InChI=1S/C18H26N4/c1-13-6-5-9-16-17(13)14(12-21-16)10-11-20-18(19)22-15-7-3-2-4-8-15/h5-6,9,12,15,21H,2-4,7-8,10-11H2,1H3,(H3,19,20,22). The second-order valence-electron chi connectivity index (χ2n) is 6.31. The van der Waals surface area contributed by atoms with E-state index in [4.69, 9.17) is 5.73 Å². The van der Waals surface area contributed by atoms with Crippen molar-refractivity contribution in [1.82, 2.24) is 10.3 Å². The SMILES string of the molecule is Cc1cccc2[nH]cc(CCN=C(N)NC3CCCCC3)c12. The molecule has 0 aliphatic heterocycles. The maximum Gasteiger partial charge on any atom is 0.188 e. The molecular weight excluding hydrogens is 272 g/mol. The predicted octanol–water partition coefficient (Wildman–Crippen LogP) is 3.26. The van der Waals surface area contributed by atoms with Crippen LogP contribution in [0.2, 0.25) is 0 Å². The predicted molar refractivity (Wildman–Crippen MR) is 93.2 cm³/mol. The van der Waals surface area contributed by atoms with Gasteiger partial charge in [-0.25, -0.2) is 0 Å². The van der Waals surface area contributed by atoms with Crippen LogP contribution in [-0.2, 0) is 6.42 Å². The molecule has 1 aliphatic carbocycles. The molecule has 4 heteroatoms. The Labute approximate surface area is 132 Å². The number of aryl methyl sites for hydroxylation is 1. The molecule has 1 heterocycles. The minimum atomic E-state index is 0.521. The summed E-state index contributed by atoms with van der Waals surface area (Å²) in [7, 11) is 0. The van der Waals surface area contributed by atoms with Gasteiger partial charge in [-0.05, 0) is 43.4 Å². The number of hydrogen-bond acceptors (Lipinski definition) is 1. The summed E-state index contributed by atoms with van der Waals surface area (Å²) >= 11 is 0. The topological polar surface area (TPSA) is 66.2 Å². The summed E-state index contributed by atoms with van der Waals surface area (Å²) < 4.78 is 0. The molecule has 0 atom stereocenters. The molecule has 118 valence electrons. The number of benzene rings is 1. The number of guanidine groups is 1. The summed E-state index contributed by atoms with van der Waals surface area (Å²) in [6, 6.07) is 6.88. The number of nitrogens with zero attached hydrogens (tertiary/aromatic N) is 1. The molecule has 0 bridgehead atoms. The molecular formula is C18H26N4. The normalized spacial score (nSPS) is 17.0. The van der Waals surface area contributed by atoms with Crippen molar-refractivity contribution in [3.8, 4) is 0 Å². The van der Waals surface area contributed by atoms with Crippen molar-refractivity contribution in [2.24, 2.45) is 10.7 Å². The zero-order valence-corrected chi connectivity index (χ0v) is 13.4. The molecule has 4 N–H and O–H groups in total. The van der Waals surface area contributed by atoms with E-state index < -0.39 is 0 Å². The summed E-state index contributed by atoms with van der Waals surface area (Å²) in [5, 5.41) is 4.70. The summed E-state index contributed by atoms with van der Waals surface area (Å²) in [5.74, 6) is 0.600. The van der Waals surface area contributed by atoms with Crippen molar-refractivity contribution >= 4 is 16.9 Å². The molecule has 1 aliphatic rings. The van der Waals surface area contributed by atoms with Gasteiger partial charge in [-0.1, -0.05) is 31.4 Å². The maximum absolute atomic E-state index is 6.02. The number of aromatic amines is 1. The summed E-state index contributed by atoms with van der Waals surface area (Å²) in [5.41, 5.74) is 9.85. The zero-order chi connectivity index (χ0) is 15.4. The fourth-order valence-corrected chi connectivity index (χ4v) is 3.45. The monoisotopic (exact) mass is 298 g/mol. The van der Waals surface area contributed by atoms with Crippen LogP contribution in [0, 0.1) is 6.92 Å². The molecule has 0 radical (unpaired) electrons. The molecule has 22 heavy (non-hydrogen) atoms. The molecule has 0 saturated heterocycles. The van der Waals surface area contributed by atoms with Gasteiger partial charge in [0.15, 0.2) is 5.96 Å². The summed E-state index contributed by atoms with van der Waals surface area (Å²) in [6.07, 6.45) is 9.42. The number of H-pyrrole nitrogens is 1. The van der Waals surface area contributed by atoms with Crippen molar-refractivity contribution < 1.29 is 0 Å². The average Bonchev–Trinajstić information content (AvgIpc) is 2.93. The van der Waals surface area contributed by atoms with Crippen molar-refractivity contribution in [3.05, 3.63) is 35.5 Å². The Hall–Kier alpha value is -1.97. The fraction of sp³-hybridized carbons (Fsp3) is 0.500. The van der Waals surface area contributed by atoms with E-state index in [1.54, 1.807) is 0 Å². The molecule has 2 aromatic rings. The van der Waals surface area contributed by atoms with Crippen molar-refractivity contribution in [2.45, 2.75) is 51.5 Å². The smallest absolute Gasteiger partial charge is 0.188 e. The molecule has 1 aromatic carbocycles. The lowest BCUT2D eigenvalue weighted by Gasteiger charge is -2.23. The van der Waals surface area contributed by atoms with E-state index >= 15 is 0 Å². The quantitative estimate of drug-likeness (QED) is 0.599. The molecule has 1 saturated carbocycles. The molecule has 0 unspecified atom stereocenters. The third-order valence-corrected chi connectivity index (χ3v) is 4.62. The number of hydrogen-bond donors (Lipinski definition) is 3. The number of aliphatic imine (C=N–C) groups is 1. The Bertz CT molecular complexity index is 650. The summed E-state index contributed by atoms with van der Waals surface area (Å²) in [4.78, 5) is 7.84. The van der Waals surface area contributed by atoms with E-state index in [1.165, 1.54) is 54.1 Å². The van der Waals surface area contributed by atoms with Crippen LogP contribution in [0.1, 0.15) is 43.2 Å². The maximum atomic E-state index is 6.02. The van der Waals surface area contributed by atoms with E-state index in [0.29, 0.717) is 12.0 Å². The number of aromatic nitrogens is 1. The second kappa shape index (κ2) is 6.86. The van der Waals surface area contributed by atoms with Crippen molar-refractivity contribution in [1.29, 1.82) is 0 Å². The van der Waals surface area contributed by atoms with Gasteiger partial charge in [0.1, 0.15) is 0 Å². The molecule has 0 amide bonds. The lowest BCUT2D eigenvalue weighted by atomic mass is 9.96. The van der Waals surface area contributed by atoms with Crippen LogP contribution >= 0.6 is 0 Å². The largest absolute Gasteiger partial charge is 0.370 e. The summed E-state index contributed by atoms with van der Waals surface area (Å²) in [6.45, 7) is 2.88. The average molecular weight is 298 g/mol. The highest BCUT2D eigenvalue weighted by Crippen LogP contribution is 2.22. The van der Waals surface area contributed by atoms with E-state index in [1.807, 2.05) is 0 Å². The van der Waals surface area contributed by atoms with Crippen LogP contribution in [-0.4, -0.2) is 23.5 Å². The fourth-order valence-electron chi connectivity index (χ4n) is 3.45. The first-order valence-electron chi connectivity index (χ1n) is 8.36. The van der Waals surface area contributed by atoms with Gasteiger partial charge in [-0.2, -0.15) is 0 Å². The van der Waals surface area contributed by atoms with Gasteiger partial charge in [0.25, 0.3) is 0 Å². The number of nitrogens with two attached hydrogens (primary N) is 1. The highest BCUT2D eigenvalue weighted by Gasteiger charge is 2.13. The Morgan fingerprint density at radius 2 is 2.14 bits per heavy atom. The van der Waals surface area contributed by atoms with Crippen LogP contribution in [0.25, 0.3) is 10.9 Å². The van der Waals surface area contributed by atoms with E-state index in [0.717, 1.165) is 13.0 Å². The van der Waals surface area contributed by atoms with Gasteiger partial charge in [0.05, 0.1) is 0 Å². The third kappa shape index (κ3) is 3.43. The molecule has 4 nitrogen and oxygen atoms in total. The highest BCUT2D eigenvalue weighted by molar-refractivity contribution is 5.86. The van der Waals surface area contributed by atoms with Crippen LogP contribution in [0.15, 0.2) is 29.4 Å². The van der Waals surface area contributed by atoms with E-state index in [-0.39, 0.29) is 0 Å². The first-order chi connectivity index (χ1) is 10.7. The van der Waals surface area contributed by atoms with Gasteiger partial charge >= 0.3 is 0 Å². The van der Waals surface area contributed by atoms with Gasteiger partial charge in [0, 0.05) is 29.7 Å². The lowest BCUT2D eigenvalue weighted by molar-refractivity contribution is 0.412. The van der Waals surface area contributed by atoms with Gasteiger partial charge in [-0.3, -0.25) is 4.99 Å². The van der Waals surface area contributed by atoms with Crippen LogP contribution in [0.3, 0.4) is 0 Å². The Balaban J connectivity index is 1.58. The lowest BCUT2D eigenvalue weighted by Crippen LogP contribution is -2.41. The van der Waals surface area contributed by atoms with Gasteiger partial charge in [0.2, 0.25) is 0 Å². The Morgan fingerprint density at radius 3 is 2.95 bits per heavy atom. The number of rotatable bonds is 4. The molecule has 0 spiro atoms. The zero-order valence-electron chi connectivity index (χ0n) is 13.4. The minimum Gasteiger partial charge on any atom is -0.370 e. The van der Waals surface area contributed by atoms with Crippen LogP contribution < -0.4 is 11.1 Å². The highest BCUT2D eigenvalue weighted by atomic mass is 15.1. The Morgan fingerprint density at radius 1 is 1.32 bits per heavy atom. The van der Waals surface area contributed by atoms with Crippen LogP contribution in [0.5, 0.6) is 0 Å². The van der Waals surface area contributed by atoms with Crippen molar-refractivity contribution in [3.63, 3.8) is 0 Å². The second-order valence-corrected chi connectivity index (χ2v) is 6.31. The first-order valence-corrected chi connectivity index (χ1v) is 8.36. The number of nitrogens with one attached hydrogen (secondary N) is 2. The minimum absolute atomic E-state index is 0.521. The van der Waals surface area contributed by atoms with E-state index in [9.17, 15) is 0 Å². The van der Waals surface area contributed by atoms with E-state index in [2.05, 4.69) is 46.6 Å². The molecule has 1 fully saturated rings.